The van der Waals surface area contributed by atoms with Crippen molar-refractivity contribution in [1.82, 2.24) is 10.2 Å². The molecule has 1 fully saturated rings. The summed E-state index contributed by atoms with van der Waals surface area (Å²) in [5, 5.41) is 10.5. The van der Waals surface area contributed by atoms with Crippen LogP contribution >= 0.6 is 12.2 Å². The third-order valence-electron chi connectivity index (χ3n) is 4.56. The Bertz CT molecular complexity index is 774. The lowest BCUT2D eigenvalue weighted by Crippen LogP contribution is -2.47. The number of likely N-dealkylation sites (tertiary alicyclic amines) is 1. The first-order valence-electron chi connectivity index (χ1n) is 9.50. The lowest BCUT2D eigenvalue weighted by Gasteiger charge is -2.32. The molecule has 0 unspecified atom stereocenters. The number of carbonyl (C=O) groups is 1. The zero-order chi connectivity index (χ0) is 19.8. The smallest absolute Gasteiger partial charge is 0.409 e. The largest absolute Gasteiger partial charge is 0.467 e. The Hall–Kier alpha value is -2.74. The zero-order valence-corrected chi connectivity index (χ0v) is 16.8. The topological polar surface area (TPSA) is 78.8 Å². The normalized spacial score (nSPS) is 14.4. The second-order valence-electron chi connectivity index (χ2n) is 6.54. The number of nitrogens with zero attached hydrogens (tertiary/aromatic N) is 1. The predicted octanol–water partition coefficient (Wildman–Crippen LogP) is 3.80. The van der Waals surface area contributed by atoms with Gasteiger partial charge in [-0.1, -0.05) is 12.1 Å². The molecule has 7 nitrogen and oxygen atoms in total. The number of furan rings is 1. The maximum absolute atomic E-state index is 11.8. The Balaban J connectivity index is 1.48. The molecule has 1 aromatic carbocycles. The SMILES string of the molecule is CCOC(=O)N1CCC(NC(=S)Nc2ccccc2NCc2ccco2)CC1. The van der Waals surface area contributed by atoms with Crippen molar-refractivity contribution in [3.63, 3.8) is 0 Å². The maximum atomic E-state index is 11.8. The zero-order valence-electron chi connectivity index (χ0n) is 15.9. The number of nitrogens with one attached hydrogen (secondary N) is 3. The highest BCUT2D eigenvalue weighted by atomic mass is 32.1. The number of thiocarbonyl (C=S) groups is 1. The highest BCUT2D eigenvalue weighted by molar-refractivity contribution is 7.80. The Morgan fingerprint density at radius 3 is 2.64 bits per heavy atom. The monoisotopic (exact) mass is 402 g/mol. The van der Waals surface area contributed by atoms with Crippen molar-refractivity contribution in [2.45, 2.75) is 32.4 Å². The van der Waals surface area contributed by atoms with Gasteiger partial charge in [-0.05, 0) is 56.2 Å². The molecule has 0 spiro atoms. The van der Waals surface area contributed by atoms with E-state index >= 15 is 0 Å². The molecular formula is C20H26N4O3S. The molecular weight excluding hydrogens is 376 g/mol. The number of para-hydroxylation sites is 2. The summed E-state index contributed by atoms with van der Waals surface area (Å²) in [7, 11) is 0. The van der Waals surface area contributed by atoms with E-state index in [1.54, 1.807) is 11.2 Å². The molecule has 28 heavy (non-hydrogen) atoms. The minimum atomic E-state index is -0.238. The first-order valence-corrected chi connectivity index (χ1v) is 9.91. The van der Waals surface area contributed by atoms with Crippen molar-refractivity contribution in [3.05, 3.63) is 48.4 Å². The van der Waals surface area contributed by atoms with E-state index in [0.29, 0.717) is 31.4 Å². The van der Waals surface area contributed by atoms with Gasteiger partial charge >= 0.3 is 6.09 Å². The number of amides is 1. The van der Waals surface area contributed by atoms with Crippen LogP contribution in [-0.4, -0.2) is 41.8 Å². The van der Waals surface area contributed by atoms with Gasteiger partial charge in [-0.2, -0.15) is 0 Å². The van der Waals surface area contributed by atoms with Crippen molar-refractivity contribution >= 4 is 34.8 Å². The number of hydrogen-bond acceptors (Lipinski definition) is 5. The predicted molar refractivity (Wildman–Crippen MR) is 113 cm³/mol. The fraction of sp³-hybridized carbons (Fsp3) is 0.400. The molecule has 1 amide bonds. The summed E-state index contributed by atoms with van der Waals surface area (Å²) in [6.07, 6.45) is 3.09. The van der Waals surface area contributed by atoms with Gasteiger partial charge in [-0.25, -0.2) is 4.79 Å². The molecule has 3 N–H and O–H groups in total. The van der Waals surface area contributed by atoms with Gasteiger partial charge in [0.2, 0.25) is 0 Å². The van der Waals surface area contributed by atoms with Crippen LogP contribution in [0, 0.1) is 0 Å². The second-order valence-corrected chi connectivity index (χ2v) is 6.95. The van der Waals surface area contributed by atoms with E-state index < -0.39 is 0 Å². The minimum absolute atomic E-state index is 0.230. The van der Waals surface area contributed by atoms with Gasteiger partial charge in [-0.15, -0.1) is 0 Å². The van der Waals surface area contributed by atoms with E-state index in [1.807, 2.05) is 43.3 Å². The molecule has 8 heteroatoms. The molecule has 150 valence electrons. The quantitative estimate of drug-likeness (QED) is 0.634. The van der Waals surface area contributed by atoms with Gasteiger partial charge in [0.1, 0.15) is 5.76 Å². The molecule has 0 radical (unpaired) electrons. The summed E-state index contributed by atoms with van der Waals surface area (Å²) < 4.78 is 10.4. The van der Waals surface area contributed by atoms with Gasteiger partial charge in [-0.3, -0.25) is 0 Å². The van der Waals surface area contributed by atoms with Crippen LogP contribution in [0.1, 0.15) is 25.5 Å². The second kappa shape index (κ2) is 9.98. The van der Waals surface area contributed by atoms with Gasteiger partial charge < -0.3 is 30.0 Å². The molecule has 1 saturated heterocycles. The van der Waals surface area contributed by atoms with Crippen LogP contribution in [0.4, 0.5) is 16.2 Å². The van der Waals surface area contributed by atoms with Crippen LogP contribution in [0.3, 0.4) is 0 Å². The fourth-order valence-electron chi connectivity index (χ4n) is 3.11. The van der Waals surface area contributed by atoms with E-state index in [1.165, 1.54) is 0 Å². The number of hydrogen-bond donors (Lipinski definition) is 3. The fourth-order valence-corrected chi connectivity index (χ4v) is 3.38. The molecule has 1 aliphatic heterocycles. The summed E-state index contributed by atoms with van der Waals surface area (Å²) in [6.45, 7) is 4.15. The number of benzene rings is 1. The van der Waals surface area contributed by atoms with Crippen molar-refractivity contribution in [1.29, 1.82) is 0 Å². The molecule has 0 aliphatic carbocycles. The lowest BCUT2D eigenvalue weighted by molar-refractivity contribution is 0.0964. The van der Waals surface area contributed by atoms with Crippen LogP contribution in [0.25, 0.3) is 0 Å². The van der Waals surface area contributed by atoms with E-state index in [2.05, 4.69) is 16.0 Å². The Kier molecular flexibility index (Phi) is 7.13. The summed E-state index contributed by atoms with van der Waals surface area (Å²) in [4.78, 5) is 13.5. The van der Waals surface area contributed by atoms with E-state index in [4.69, 9.17) is 21.4 Å². The van der Waals surface area contributed by atoms with Crippen LogP contribution in [0.5, 0.6) is 0 Å². The highest BCUT2D eigenvalue weighted by Crippen LogP contribution is 2.22. The molecule has 2 aromatic rings. The van der Waals surface area contributed by atoms with Crippen molar-refractivity contribution in [2.24, 2.45) is 0 Å². The van der Waals surface area contributed by atoms with Crippen LogP contribution in [-0.2, 0) is 11.3 Å². The third kappa shape index (κ3) is 5.63. The van der Waals surface area contributed by atoms with Gasteiger partial charge in [0.05, 0.1) is 30.8 Å². The molecule has 0 bridgehead atoms. The van der Waals surface area contributed by atoms with Gasteiger partial charge in [0, 0.05) is 19.1 Å². The van der Waals surface area contributed by atoms with Crippen molar-refractivity contribution in [2.75, 3.05) is 30.3 Å². The molecule has 2 heterocycles. The highest BCUT2D eigenvalue weighted by Gasteiger charge is 2.23. The number of ether oxygens (including phenoxy) is 1. The number of anilines is 2. The molecule has 1 aromatic heterocycles. The first kappa shape index (κ1) is 20.0. The van der Waals surface area contributed by atoms with E-state index in [-0.39, 0.29) is 12.1 Å². The molecule has 1 aliphatic rings. The molecule has 3 rings (SSSR count). The number of rotatable bonds is 6. The molecule has 0 atom stereocenters. The first-order chi connectivity index (χ1) is 13.7. The van der Waals surface area contributed by atoms with Crippen LogP contribution in [0.15, 0.2) is 47.1 Å². The van der Waals surface area contributed by atoms with Crippen molar-refractivity contribution < 1.29 is 13.9 Å². The summed E-state index contributed by atoms with van der Waals surface area (Å²) in [5.41, 5.74) is 1.84. The summed E-state index contributed by atoms with van der Waals surface area (Å²) >= 11 is 5.49. The van der Waals surface area contributed by atoms with Crippen LogP contribution < -0.4 is 16.0 Å². The standard InChI is InChI=1S/C20H26N4O3S/c1-2-26-20(25)24-11-9-15(10-12-24)22-19(28)23-18-8-4-3-7-17(18)21-14-16-6-5-13-27-16/h3-8,13,15,21H,2,9-12,14H2,1H3,(H2,22,23,28). The lowest BCUT2D eigenvalue weighted by atomic mass is 10.1. The van der Waals surface area contributed by atoms with Crippen LogP contribution in [0.2, 0.25) is 0 Å². The Morgan fingerprint density at radius 1 is 1.21 bits per heavy atom. The third-order valence-corrected chi connectivity index (χ3v) is 4.78. The Labute approximate surface area is 170 Å². The molecule has 0 saturated carbocycles. The average Bonchev–Trinajstić information content (AvgIpc) is 3.21. The number of piperidine rings is 1. The minimum Gasteiger partial charge on any atom is -0.467 e. The average molecular weight is 403 g/mol. The van der Waals surface area contributed by atoms with E-state index in [0.717, 1.165) is 30.0 Å². The van der Waals surface area contributed by atoms with Gasteiger partial charge in [0.25, 0.3) is 0 Å². The summed E-state index contributed by atoms with van der Waals surface area (Å²) in [6, 6.07) is 11.9. The van der Waals surface area contributed by atoms with Gasteiger partial charge in [0.15, 0.2) is 5.11 Å². The number of carbonyl (C=O) groups excluding carboxylic acids is 1. The van der Waals surface area contributed by atoms with E-state index in [9.17, 15) is 4.79 Å². The van der Waals surface area contributed by atoms with Crippen molar-refractivity contribution in [3.8, 4) is 0 Å². The summed E-state index contributed by atoms with van der Waals surface area (Å²) in [5.74, 6) is 0.865. The maximum Gasteiger partial charge on any atom is 0.409 e. The Morgan fingerprint density at radius 2 is 1.96 bits per heavy atom.